The van der Waals surface area contributed by atoms with Gasteiger partial charge in [0.2, 0.25) is 10.0 Å². The smallest absolute Gasteiger partial charge is 0.243 e. The van der Waals surface area contributed by atoms with Crippen LogP contribution in [0.1, 0.15) is 11.5 Å². The Kier molecular flexibility index (Phi) is 5.41. The molecule has 2 saturated heterocycles. The maximum absolute atomic E-state index is 13.4. The van der Waals surface area contributed by atoms with E-state index in [4.69, 9.17) is 9.47 Å². The molecule has 0 saturated carbocycles. The Labute approximate surface area is 188 Å². The van der Waals surface area contributed by atoms with E-state index in [2.05, 4.69) is 29.6 Å². The van der Waals surface area contributed by atoms with E-state index in [9.17, 15) is 8.42 Å². The highest BCUT2D eigenvalue weighted by Gasteiger charge is 2.56. The predicted molar refractivity (Wildman–Crippen MR) is 124 cm³/mol. The number of hydrogen-bond donors (Lipinski definition) is 1. The maximum atomic E-state index is 13.4. The molecule has 166 valence electrons. The van der Waals surface area contributed by atoms with Crippen molar-refractivity contribution in [1.82, 2.24) is 9.62 Å². The van der Waals surface area contributed by atoms with Crippen LogP contribution in [0.5, 0.6) is 11.5 Å². The lowest BCUT2D eigenvalue weighted by molar-refractivity contribution is 0.0370. The number of benzene rings is 3. The summed E-state index contributed by atoms with van der Waals surface area (Å²) in [6, 6.07) is 23.0. The zero-order chi connectivity index (χ0) is 22.3. The Morgan fingerprint density at radius 3 is 2.00 bits per heavy atom. The minimum absolute atomic E-state index is 0.100. The lowest BCUT2D eigenvalue weighted by Crippen LogP contribution is -2.73. The van der Waals surface area contributed by atoms with Gasteiger partial charge in [-0.25, -0.2) is 8.42 Å². The molecule has 1 N–H and O–H groups in total. The number of sulfonamides is 1. The minimum Gasteiger partial charge on any atom is -0.497 e. The summed E-state index contributed by atoms with van der Waals surface area (Å²) >= 11 is 0. The SMILES string of the molecule is COc1ccc(-c2ccc(C3[C@H]4CNC[C@@H]3N4S(=O)(=O)c3cccc(OC)c3)cc2)cc1. The number of hydrogen-bond acceptors (Lipinski definition) is 5. The van der Waals surface area contributed by atoms with Gasteiger partial charge in [-0.15, -0.1) is 0 Å². The third kappa shape index (κ3) is 3.46. The molecule has 2 heterocycles. The van der Waals surface area contributed by atoms with Gasteiger partial charge in [-0.1, -0.05) is 42.5 Å². The molecule has 3 aromatic rings. The summed E-state index contributed by atoms with van der Waals surface area (Å²) < 4.78 is 38.9. The second-order valence-electron chi connectivity index (χ2n) is 8.18. The predicted octanol–water partition coefficient (Wildman–Crippen LogP) is 3.50. The van der Waals surface area contributed by atoms with Crippen molar-refractivity contribution in [3.63, 3.8) is 0 Å². The Bertz CT molecular complexity index is 1200. The molecule has 3 atom stereocenters. The summed E-state index contributed by atoms with van der Waals surface area (Å²) in [6.45, 7) is 1.29. The Morgan fingerprint density at radius 2 is 1.41 bits per heavy atom. The van der Waals surface area contributed by atoms with Gasteiger partial charge in [0.1, 0.15) is 11.5 Å². The van der Waals surface area contributed by atoms with E-state index < -0.39 is 10.0 Å². The van der Waals surface area contributed by atoms with Crippen molar-refractivity contribution in [2.45, 2.75) is 22.9 Å². The van der Waals surface area contributed by atoms with Crippen molar-refractivity contribution < 1.29 is 17.9 Å². The fourth-order valence-electron chi connectivity index (χ4n) is 4.90. The van der Waals surface area contributed by atoms with Crippen molar-refractivity contribution >= 4 is 10.0 Å². The van der Waals surface area contributed by atoms with Gasteiger partial charge >= 0.3 is 0 Å². The van der Waals surface area contributed by atoms with E-state index in [1.54, 1.807) is 42.8 Å². The van der Waals surface area contributed by atoms with Gasteiger partial charge < -0.3 is 14.8 Å². The second-order valence-corrected chi connectivity index (χ2v) is 10.0. The third-order valence-corrected chi connectivity index (χ3v) is 8.47. The zero-order valence-corrected chi connectivity index (χ0v) is 18.9. The Morgan fingerprint density at radius 1 is 0.812 bits per heavy atom. The first-order valence-electron chi connectivity index (χ1n) is 10.7. The van der Waals surface area contributed by atoms with E-state index in [1.165, 1.54) is 5.56 Å². The van der Waals surface area contributed by atoms with Gasteiger partial charge in [0, 0.05) is 37.2 Å². The molecule has 2 fully saturated rings. The minimum atomic E-state index is -3.59. The van der Waals surface area contributed by atoms with E-state index in [0.717, 1.165) is 16.9 Å². The summed E-state index contributed by atoms with van der Waals surface area (Å²) in [5, 5.41) is 3.37. The van der Waals surface area contributed by atoms with Crippen LogP contribution in [0.3, 0.4) is 0 Å². The van der Waals surface area contributed by atoms with Gasteiger partial charge in [0.05, 0.1) is 19.1 Å². The monoisotopic (exact) mass is 450 g/mol. The van der Waals surface area contributed by atoms with E-state index in [-0.39, 0.29) is 22.9 Å². The molecule has 32 heavy (non-hydrogen) atoms. The first kappa shape index (κ1) is 21.0. The van der Waals surface area contributed by atoms with Crippen molar-refractivity contribution in [3.8, 4) is 22.6 Å². The highest BCUT2D eigenvalue weighted by atomic mass is 32.2. The number of nitrogens with zero attached hydrogens (tertiary/aromatic N) is 1. The molecule has 3 aromatic carbocycles. The van der Waals surface area contributed by atoms with E-state index in [0.29, 0.717) is 18.8 Å². The van der Waals surface area contributed by atoms with Gasteiger partial charge in [-0.05, 0) is 41.0 Å². The standard InChI is InChI=1S/C25H26N2O4S/c1-30-20-12-10-18(11-13-20)17-6-8-19(9-7-17)25-23-15-26-16-24(25)27(23)32(28,29)22-5-3-4-21(14-22)31-2/h3-14,23-26H,15-16H2,1-2H3/t23-,24+,25?. The quantitative estimate of drug-likeness (QED) is 0.623. The molecule has 7 heteroatoms. The molecule has 2 aliphatic heterocycles. The number of piperidine rings is 1. The zero-order valence-electron chi connectivity index (χ0n) is 18.1. The summed E-state index contributed by atoms with van der Waals surface area (Å²) in [4.78, 5) is 0.280. The molecule has 0 amide bonds. The number of piperazine rings is 1. The summed E-state index contributed by atoms with van der Waals surface area (Å²) in [6.07, 6.45) is 0. The first-order chi connectivity index (χ1) is 15.5. The number of methoxy groups -OCH3 is 2. The van der Waals surface area contributed by atoms with E-state index in [1.807, 2.05) is 24.3 Å². The normalized spacial score (nSPS) is 22.8. The van der Waals surface area contributed by atoms with Gasteiger partial charge in [0.25, 0.3) is 0 Å². The molecule has 0 radical (unpaired) electrons. The van der Waals surface area contributed by atoms with Crippen molar-refractivity contribution in [3.05, 3.63) is 78.4 Å². The Hall–Kier alpha value is -2.87. The fraction of sp³-hybridized carbons (Fsp3) is 0.280. The average Bonchev–Trinajstić information content (AvgIpc) is 2.85. The van der Waals surface area contributed by atoms with Gasteiger partial charge in [-0.3, -0.25) is 0 Å². The molecule has 5 rings (SSSR count). The third-order valence-electron chi connectivity index (χ3n) is 6.53. The van der Waals surface area contributed by atoms with Crippen LogP contribution in [-0.4, -0.2) is 52.1 Å². The number of fused-ring (bicyclic) bond motifs is 2. The number of nitrogens with one attached hydrogen (secondary N) is 1. The van der Waals surface area contributed by atoms with Crippen molar-refractivity contribution in [2.75, 3.05) is 27.3 Å². The summed E-state index contributed by atoms with van der Waals surface area (Å²) in [5.41, 5.74) is 3.42. The molecule has 6 nitrogen and oxygen atoms in total. The van der Waals surface area contributed by atoms with Crippen molar-refractivity contribution in [1.29, 1.82) is 0 Å². The topological polar surface area (TPSA) is 67.9 Å². The molecular formula is C25H26N2O4S. The van der Waals surface area contributed by atoms with Crippen LogP contribution in [0, 0.1) is 0 Å². The Balaban J connectivity index is 1.39. The largest absolute Gasteiger partial charge is 0.497 e. The number of rotatable bonds is 6. The second kappa shape index (κ2) is 8.24. The van der Waals surface area contributed by atoms with Crippen molar-refractivity contribution in [2.24, 2.45) is 0 Å². The lowest BCUT2D eigenvalue weighted by atomic mass is 9.74. The molecule has 0 spiro atoms. The molecule has 0 aromatic heterocycles. The first-order valence-corrected chi connectivity index (χ1v) is 12.1. The van der Waals surface area contributed by atoms with E-state index >= 15 is 0 Å². The molecular weight excluding hydrogens is 424 g/mol. The van der Waals surface area contributed by atoms with Crippen LogP contribution in [0.2, 0.25) is 0 Å². The fourth-order valence-corrected chi connectivity index (χ4v) is 6.78. The van der Waals surface area contributed by atoms with Crippen LogP contribution in [-0.2, 0) is 10.0 Å². The van der Waals surface area contributed by atoms with Crippen LogP contribution in [0.15, 0.2) is 77.7 Å². The summed E-state index contributed by atoms with van der Waals surface area (Å²) in [7, 11) is -0.391. The average molecular weight is 451 g/mol. The van der Waals surface area contributed by atoms with Gasteiger partial charge in [-0.2, -0.15) is 4.31 Å². The van der Waals surface area contributed by atoms with Crippen LogP contribution in [0.25, 0.3) is 11.1 Å². The molecule has 2 bridgehead atoms. The number of ether oxygens (including phenoxy) is 2. The highest BCUT2D eigenvalue weighted by Crippen LogP contribution is 2.46. The highest BCUT2D eigenvalue weighted by molar-refractivity contribution is 7.89. The molecule has 1 unspecified atom stereocenters. The molecule has 2 aliphatic rings. The van der Waals surface area contributed by atoms with Crippen LogP contribution in [0.4, 0.5) is 0 Å². The summed E-state index contributed by atoms with van der Waals surface area (Å²) in [5.74, 6) is 1.56. The molecule has 0 aliphatic carbocycles. The maximum Gasteiger partial charge on any atom is 0.243 e. The van der Waals surface area contributed by atoms with Crippen LogP contribution >= 0.6 is 0 Å². The van der Waals surface area contributed by atoms with Gasteiger partial charge in [0.15, 0.2) is 0 Å². The lowest BCUT2D eigenvalue weighted by Gasteiger charge is -2.57. The van der Waals surface area contributed by atoms with Crippen LogP contribution < -0.4 is 14.8 Å².